The molecule has 0 bridgehead atoms. The Balaban J connectivity index is 2.69. The first-order valence-electron chi connectivity index (χ1n) is 4.88. The van der Waals surface area contributed by atoms with Gasteiger partial charge >= 0.3 is 0 Å². The minimum atomic E-state index is 0.222. The third kappa shape index (κ3) is 3.35. The second kappa shape index (κ2) is 4.85. The van der Waals surface area contributed by atoms with E-state index in [9.17, 15) is 0 Å². The van der Waals surface area contributed by atoms with Crippen LogP contribution < -0.4 is 0 Å². The summed E-state index contributed by atoms with van der Waals surface area (Å²) in [5, 5.41) is 8.69. The molecule has 14 heavy (non-hydrogen) atoms. The summed E-state index contributed by atoms with van der Waals surface area (Å²) in [6, 6.07) is 8.58. The third-order valence-electron chi connectivity index (χ3n) is 2.08. The van der Waals surface area contributed by atoms with Gasteiger partial charge in [0.2, 0.25) is 0 Å². The molecule has 0 aliphatic rings. The van der Waals surface area contributed by atoms with Gasteiger partial charge in [-0.15, -0.1) is 11.8 Å². The molecule has 0 saturated heterocycles. The van der Waals surface area contributed by atoms with Crippen molar-refractivity contribution in [3.8, 4) is 0 Å². The molecule has 78 valence electrons. The van der Waals surface area contributed by atoms with Crippen LogP contribution in [0.2, 0.25) is 0 Å². The van der Waals surface area contributed by atoms with Crippen LogP contribution >= 0.6 is 11.8 Å². The maximum Gasteiger partial charge on any atom is 0.0525 e. The fraction of sp³-hybridized carbons (Fsp3) is 0.500. The standard InChI is InChI=1S/C12H18OS/c1-12(2,3)10-4-6-11(7-5-10)14-9-8-13/h4-7,13H,8-9H2,1-3H3. The fourth-order valence-electron chi connectivity index (χ4n) is 1.21. The summed E-state index contributed by atoms with van der Waals surface area (Å²) in [5.41, 5.74) is 1.58. The fourth-order valence-corrected chi connectivity index (χ4v) is 1.87. The van der Waals surface area contributed by atoms with Crippen molar-refractivity contribution in [2.24, 2.45) is 0 Å². The molecule has 0 spiro atoms. The number of aliphatic hydroxyl groups excluding tert-OH is 1. The third-order valence-corrected chi connectivity index (χ3v) is 3.07. The maximum atomic E-state index is 8.69. The van der Waals surface area contributed by atoms with Gasteiger partial charge in [-0.25, -0.2) is 0 Å². The molecule has 1 aromatic carbocycles. The van der Waals surface area contributed by atoms with Crippen molar-refractivity contribution in [3.63, 3.8) is 0 Å². The van der Waals surface area contributed by atoms with Crippen molar-refractivity contribution in [1.82, 2.24) is 0 Å². The van der Waals surface area contributed by atoms with E-state index in [4.69, 9.17) is 5.11 Å². The Hall–Kier alpha value is -0.470. The SMILES string of the molecule is CC(C)(C)c1ccc(SCCO)cc1. The Kier molecular flexibility index (Phi) is 4.02. The highest BCUT2D eigenvalue weighted by molar-refractivity contribution is 7.99. The van der Waals surface area contributed by atoms with Crippen LogP contribution in [0.5, 0.6) is 0 Å². The number of aliphatic hydroxyl groups is 1. The van der Waals surface area contributed by atoms with Crippen molar-refractivity contribution >= 4 is 11.8 Å². The number of hydrogen-bond donors (Lipinski definition) is 1. The van der Waals surface area contributed by atoms with Gasteiger partial charge in [-0.2, -0.15) is 0 Å². The summed E-state index contributed by atoms with van der Waals surface area (Å²) in [7, 11) is 0. The molecule has 1 N–H and O–H groups in total. The van der Waals surface area contributed by atoms with E-state index in [1.807, 2.05) is 0 Å². The van der Waals surface area contributed by atoms with Crippen LogP contribution in [0.1, 0.15) is 26.3 Å². The van der Waals surface area contributed by atoms with E-state index in [2.05, 4.69) is 45.0 Å². The molecule has 0 aromatic heterocycles. The quantitative estimate of drug-likeness (QED) is 0.774. The van der Waals surface area contributed by atoms with Crippen molar-refractivity contribution < 1.29 is 5.11 Å². The summed E-state index contributed by atoms with van der Waals surface area (Å²) in [4.78, 5) is 1.23. The van der Waals surface area contributed by atoms with Gasteiger partial charge in [0.05, 0.1) is 6.61 Å². The molecule has 2 heteroatoms. The van der Waals surface area contributed by atoms with Crippen LogP contribution in [-0.4, -0.2) is 17.5 Å². The first-order chi connectivity index (χ1) is 6.54. The predicted molar refractivity (Wildman–Crippen MR) is 63.0 cm³/mol. The lowest BCUT2D eigenvalue weighted by atomic mass is 9.87. The Labute approximate surface area is 90.5 Å². The molecule has 0 radical (unpaired) electrons. The van der Waals surface area contributed by atoms with Crippen molar-refractivity contribution in [2.75, 3.05) is 12.4 Å². The van der Waals surface area contributed by atoms with Gasteiger partial charge in [0.25, 0.3) is 0 Å². The molecule has 1 rings (SSSR count). The van der Waals surface area contributed by atoms with Gasteiger partial charge in [-0.3, -0.25) is 0 Å². The molecule has 0 aliphatic carbocycles. The van der Waals surface area contributed by atoms with Crippen LogP contribution in [0, 0.1) is 0 Å². The highest BCUT2D eigenvalue weighted by Crippen LogP contribution is 2.25. The average Bonchev–Trinajstić information content (AvgIpc) is 2.14. The van der Waals surface area contributed by atoms with Gasteiger partial charge in [0.15, 0.2) is 0 Å². The van der Waals surface area contributed by atoms with E-state index in [0.717, 1.165) is 5.75 Å². The van der Waals surface area contributed by atoms with E-state index in [1.165, 1.54) is 10.5 Å². The zero-order valence-electron chi connectivity index (χ0n) is 9.08. The molecule has 0 unspecified atom stereocenters. The molecule has 0 atom stereocenters. The van der Waals surface area contributed by atoms with Crippen LogP contribution in [0.15, 0.2) is 29.2 Å². The van der Waals surface area contributed by atoms with Crippen LogP contribution in [-0.2, 0) is 5.41 Å². The van der Waals surface area contributed by atoms with E-state index >= 15 is 0 Å². The molecular formula is C12H18OS. The molecule has 1 aromatic rings. The highest BCUT2D eigenvalue weighted by Gasteiger charge is 2.12. The molecule has 0 saturated carbocycles. The highest BCUT2D eigenvalue weighted by atomic mass is 32.2. The average molecular weight is 210 g/mol. The molecule has 0 amide bonds. The first kappa shape index (κ1) is 11.6. The van der Waals surface area contributed by atoms with E-state index in [-0.39, 0.29) is 12.0 Å². The lowest BCUT2D eigenvalue weighted by Gasteiger charge is -2.18. The summed E-state index contributed by atoms with van der Waals surface area (Å²) >= 11 is 1.69. The van der Waals surface area contributed by atoms with E-state index in [1.54, 1.807) is 11.8 Å². The number of benzene rings is 1. The Morgan fingerprint density at radius 2 is 1.71 bits per heavy atom. The Morgan fingerprint density at radius 3 is 2.14 bits per heavy atom. The van der Waals surface area contributed by atoms with Crippen LogP contribution in [0.25, 0.3) is 0 Å². The minimum Gasteiger partial charge on any atom is -0.396 e. The maximum absolute atomic E-state index is 8.69. The zero-order valence-corrected chi connectivity index (χ0v) is 9.90. The molecule has 0 fully saturated rings. The zero-order chi connectivity index (χ0) is 10.6. The topological polar surface area (TPSA) is 20.2 Å². The normalized spacial score (nSPS) is 11.7. The summed E-state index contributed by atoms with van der Waals surface area (Å²) in [5.74, 6) is 0.773. The predicted octanol–water partition coefficient (Wildman–Crippen LogP) is 3.07. The molecular weight excluding hydrogens is 192 g/mol. The van der Waals surface area contributed by atoms with Gasteiger partial charge in [0, 0.05) is 10.6 Å². The number of thioether (sulfide) groups is 1. The Bertz CT molecular complexity index is 271. The molecule has 1 nitrogen and oxygen atoms in total. The van der Waals surface area contributed by atoms with Gasteiger partial charge < -0.3 is 5.11 Å². The van der Waals surface area contributed by atoms with Gasteiger partial charge in [-0.1, -0.05) is 32.9 Å². The van der Waals surface area contributed by atoms with Gasteiger partial charge in [0.1, 0.15) is 0 Å². The second-order valence-electron chi connectivity index (χ2n) is 4.35. The van der Waals surface area contributed by atoms with Crippen molar-refractivity contribution in [2.45, 2.75) is 31.1 Å². The molecule has 0 heterocycles. The van der Waals surface area contributed by atoms with Crippen molar-refractivity contribution in [1.29, 1.82) is 0 Å². The molecule has 0 aliphatic heterocycles. The van der Waals surface area contributed by atoms with Crippen molar-refractivity contribution in [3.05, 3.63) is 29.8 Å². The Morgan fingerprint density at radius 1 is 1.14 bits per heavy atom. The minimum absolute atomic E-state index is 0.222. The summed E-state index contributed by atoms with van der Waals surface area (Å²) < 4.78 is 0. The summed E-state index contributed by atoms with van der Waals surface area (Å²) in [6.07, 6.45) is 0. The second-order valence-corrected chi connectivity index (χ2v) is 5.51. The van der Waals surface area contributed by atoms with Crippen LogP contribution in [0.4, 0.5) is 0 Å². The van der Waals surface area contributed by atoms with Gasteiger partial charge in [-0.05, 0) is 23.1 Å². The van der Waals surface area contributed by atoms with Crippen LogP contribution in [0.3, 0.4) is 0 Å². The largest absolute Gasteiger partial charge is 0.396 e. The van der Waals surface area contributed by atoms with E-state index < -0.39 is 0 Å². The number of rotatable bonds is 3. The lowest BCUT2D eigenvalue weighted by Crippen LogP contribution is -2.10. The number of hydrogen-bond acceptors (Lipinski definition) is 2. The smallest absolute Gasteiger partial charge is 0.0525 e. The lowest BCUT2D eigenvalue weighted by molar-refractivity contribution is 0.322. The van der Waals surface area contributed by atoms with E-state index in [0.29, 0.717) is 0 Å². The monoisotopic (exact) mass is 210 g/mol. The summed E-state index contributed by atoms with van der Waals surface area (Å²) in [6.45, 7) is 6.88. The first-order valence-corrected chi connectivity index (χ1v) is 5.87.